The van der Waals surface area contributed by atoms with E-state index >= 15 is 0 Å². The van der Waals surface area contributed by atoms with Gasteiger partial charge < -0.3 is 50.9 Å². The molecule has 0 saturated heterocycles. The van der Waals surface area contributed by atoms with Gasteiger partial charge in [0.25, 0.3) is 0 Å². The highest BCUT2D eigenvalue weighted by atomic mass is 28.5. The van der Waals surface area contributed by atoms with Crippen LogP contribution in [-0.4, -0.2) is 145 Å². The van der Waals surface area contributed by atoms with E-state index in [2.05, 4.69) is 60.8 Å². The first-order chi connectivity index (χ1) is 21.8. The third-order valence-electron chi connectivity index (χ3n) is 6.77. The molecule has 0 fully saturated rings. The van der Waals surface area contributed by atoms with Crippen LogP contribution in [-0.2, 0) is 50.9 Å². The molecule has 0 spiro atoms. The Morgan fingerprint density at radius 2 is 0.870 bits per heavy atom. The molecule has 0 N–H and O–H groups in total. The monoisotopic (exact) mass is 715 g/mol. The van der Waals surface area contributed by atoms with Crippen molar-refractivity contribution >= 4 is 25.9 Å². The molecular formula is C32H71O11Si3. The Balaban J connectivity index is 3.67. The Bertz CT molecular complexity index is 672. The van der Waals surface area contributed by atoms with E-state index in [-0.39, 0.29) is 5.04 Å². The molecule has 46 heavy (non-hydrogen) atoms. The predicted molar refractivity (Wildman–Crippen MR) is 190 cm³/mol. The maximum absolute atomic E-state index is 6.92. The van der Waals surface area contributed by atoms with Gasteiger partial charge in [0.1, 0.15) is 0 Å². The van der Waals surface area contributed by atoms with Crippen molar-refractivity contribution in [3.05, 3.63) is 0 Å². The molecule has 0 aromatic rings. The van der Waals surface area contributed by atoms with Crippen LogP contribution in [0.2, 0.25) is 43.3 Å². The highest BCUT2D eigenvalue weighted by molar-refractivity contribution is 6.85. The average molecular weight is 716 g/mol. The molecule has 14 heteroatoms. The van der Waals surface area contributed by atoms with Crippen molar-refractivity contribution in [2.45, 2.75) is 84.4 Å². The van der Waals surface area contributed by atoms with Crippen molar-refractivity contribution < 1.29 is 50.9 Å². The summed E-state index contributed by atoms with van der Waals surface area (Å²) in [6.07, 6.45) is 0.943. The van der Waals surface area contributed by atoms with Crippen LogP contribution in [0.1, 0.15) is 41.0 Å². The van der Waals surface area contributed by atoms with Gasteiger partial charge in [0.05, 0.1) is 106 Å². The van der Waals surface area contributed by atoms with E-state index < -0.39 is 25.9 Å². The fourth-order valence-corrected chi connectivity index (χ4v) is 17.4. The SMILES string of the molecule is COCCOCCOCCOCCOCCOCCOCCOCCOCCC[Si](C)(O[Si](C)C(C)(C)C)O[Si](C)(C)CC(C)C. The minimum Gasteiger partial charge on any atom is -0.436 e. The van der Waals surface area contributed by atoms with Crippen LogP contribution in [0, 0.1) is 5.92 Å². The molecule has 0 aliphatic heterocycles. The molecule has 0 saturated carbocycles. The van der Waals surface area contributed by atoms with E-state index in [1.165, 1.54) is 0 Å². The van der Waals surface area contributed by atoms with Gasteiger partial charge in [0.2, 0.25) is 9.04 Å². The van der Waals surface area contributed by atoms with Gasteiger partial charge in [-0.05, 0) is 55.7 Å². The molecule has 1 unspecified atom stereocenters. The lowest BCUT2D eigenvalue weighted by molar-refractivity contribution is -0.0242. The molecule has 0 heterocycles. The summed E-state index contributed by atoms with van der Waals surface area (Å²) in [5.74, 6) is 0.638. The largest absolute Gasteiger partial charge is 0.436 e. The van der Waals surface area contributed by atoms with Crippen LogP contribution in [0.15, 0.2) is 0 Å². The first-order valence-corrected chi connectivity index (χ1v) is 24.7. The van der Waals surface area contributed by atoms with Crippen LogP contribution in [0.3, 0.4) is 0 Å². The van der Waals surface area contributed by atoms with Gasteiger partial charge in [0, 0.05) is 13.7 Å². The van der Waals surface area contributed by atoms with Crippen molar-refractivity contribution in [3.63, 3.8) is 0 Å². The number of ether oxygens (including phenoxy) is 9. The average Bonchev–Trinajstić information content (AvgIpc) is 2.95. The smallest absolute Gasteiger partial charge is 0.314 e. The van der Waals surface area contributed by atoms with Gasteiger partial charge in [-0.25, -0.2) is 0 Å². The second-order valence-electron chi connectivity index (χ2n) is 13.5. The van der Waals surface area contributed by atoms with Crippen LogP contribution < -0.4 is 0 Å². The molecule has 0 amide bonds. The van der Waals surface area contributed by atoms with Crippen molar-refractivity contribution in [1.29, 1.82) is 0 Å². The normalized spacial score (nSPS) is 14.1. The molecule has 0 aliphatic rings. The molecule has 0 aromatic heterocycles. The summed E-state index contributed by atoms with van der Waals surface area (Å²) in [5, 5.41) is 0.181. The summed E-state index contributed by atoms with van der Waals surface area (Å²) in [7, 11) is -3.42. The zero-order chi connectivity index (χ0) is 34.6. The van der Waals surface area contributed by atoms with E-state index in [4.69, 9.17) is 50.9 Å². The Kier molecular flexibility index (Phi) is 29.1. The fourth-order valence-electron chi connectivity index (χ4n) is 4.49. The van der Waals surface area contributed by atoms with Crippen LogP contribution in [0.25, 0.3) is 0 Å². The first kappa shape index (κ1) is 46.2. The zero-order valence-corrected chi connectivity index (χ0v) is 34.2. The van der Waals surface area contributed by atoms with E-state index in [0.717, 1.165) is 18.5 Å². The first-order valence-electron chi connectivity index (χ1n) is 17.2. The lowest BCUT2D eigenvalue weighted by atomic mass is 10.3. The summed E-state index contributed by atoms with van der Waals surface area (Å²) >= 11 is 0. The highest BCUT2D eigenvalue weighted by Gasteiger charge is 2.42. The van der Waals surface area contributed by atoms with Crippen molar-refractivity contribution in [3.8, 4) is 0 Å². The Hall–Kier alpha value is 0.211. The Morgan fingerprint density at radius 1 is 0.543 bits per heavy atom. The molecule has 0 aromatic carbocycles. The van der Waals surface area contributed by atoms with Gasteiger partial charge in [-0.1, -0.05) is 34.6 Å². The molecule has 1 radical (unpaired) electrons. The lowest BCUT2D eigenvalue weighted by Crippen LogP contribution is -2.52. The maximum atomic E-state index is 6.92. The minimum absolute atomic E-state index is 0.181. The van der Waals surface area contributed by atoms with Crippen LogP contribution in [0.5, 0.6) is 0 Å². The number of hydrogen-bond donors (Lipinski definition) is 0. The van der Waals surface area contributed by atoms with E-state index in [1.54, 1.807) is 7.11 Å². The summed E-state index contributed by atoms with van der Waals surface area (Å²) < 4.78 is 62.9. The number of methoxy groups -OCH3 is 1. The van der Waals surface area contributed by atoms with E-state index in [9.17, 15) is 0 Å². The van der Waals surface area contributed by atoms with Gasteiger partial charge >= 0.3 is 8.56 Å². The van der Waals surface area contributed by atoms with Crippen molar-refractivity contribution in [2.24, 2.45) is 5.92 Å². The van der Waals surface area contributed by atoms with E-state index in [1.807, 2.05) is 0 Å². The molecule has 0 bridgehead atoms. The van der Waals surface area contributed by atoms with Gasteiger partial charge in [-0.2, -0.15) is 0 Å². The van der Waals surface area contributed by atoms with Crippen molar-refractivity contribution in [2.75, 3.05) is 119 Å². The molecule has 0 aliphatic carbocycles. The third-order valence-corrected chi connectivity index (χ3v) is 18.8. The summed E-state index contributed by atoms with van der Waals surface area (Å²) in [6.45, 7) is 30.0. The van der Waals surface area contributed by atoms with Gasteiger partial charge in [-0.15, -0.1) is 0 Å². The van der Waals surface area contributed by atoms with Crippen molar-refractivity contribution in [1.82, 2.24) is 0 Å². The van der Waals surface area contributed by atoms with Gasteiger partial charge in [0.15, 0.2) is 8.32 Å². The molecule has 1 atom stereocenters. The second kappa shape index (κ2) is 29.0. The van der Waals surface area contributed by atoms with Crippen LogP contribution in [0.4, 0.5) is 0 Å². The standard InChI is InChI=1S/C32H71O11Si3/c1-31(2)30-45(8,9)43-46(10,42-44(7)32(3,4)5)29-11-12-34-15-16-36-19-20-38-23-24-40-27-28-41-26-25-39-22-21-37-18-17-35-14-13-33-6/h31H,11-30H2,1-10H3. The Labute approximate surface area is 286 Å². The number of rotatable bonds is 34. The topological polar surface area (TPSA) is 102 Å². The molecule has 11 nitrogen and oxygen atoms in total. The number of hydrogen-bond acceptors (Lipinski definition) is 11. The maximum Gasteiger partial charge on any atom is 0.314 e. The molecule has 277 valence electrons. The van der Waals surface area contributed by atoms with Gasteiger partial charge in [-0.3, -0.25) is 0 Å². The third kappa shape index (κ3) is 30.3. The molecular weight excluding hydrogens is 645 g/mol. The lowest BCUT2D eigenvalue weighted by Gasteiger charge is -2.40. The molecule has 0 rings (SSSR count). The minimum atomic E-state index is -2.30. The summed E-state index contributed by atoms with van der Waals surface area (Å²) in [5.41, 5.74) is 0. The van der Waals surface area contributed by atoms with E-state index in [0.29, 0.717) is 118 Å². The Morgan fingerprint density at radius 3 is 1.17 bits per heavy atom. The predicted octanol–water partition coefficient (Wildman–Crippen LogP) is 5.54. The van der Waals surface area contributed by atoms with Crippen LogP contribution >= 0.6 is 0 Å². The summed E-state index contributed by atoms with van der Waals surface area (Å²) in [4.78, 5) is 0. The zero-order valence-electron chi connectivity index (χ0n) is 31.2. The summed E-state index contributed by atoms with van der Waals surface area (Å²) in [6, 6.07) is 2.11. The second-order valence-corrected chi connectivity index (χ2v) is 24.4. The fraction of sp³-hybridized carbons (Fsp3) is 1.00. The quantitative estimate of drug-likeness (QED) is 0.0620. The highest BCUT2D eigenvalue weighted by Crippen LogP contribution is 2.33.